The molecule has 1 aliphatic heterocycles. The Morgan fingerprint density at radius 1 is 1.35 bits per heavy atom. The molecule has 1 unspecified atom stereocenters. The van der Waals surface area contributed by atoms with Gasteiger partial charge in [-0.25, -0.2) is 4.39 Å². The van der Waals surface area contributed by atoms with Crippen molar-refractivity contribution in [2.24, 2.45) is 0 Å². The molecule has 0 saturated carbocycles. The second-order valence-corrected chi connectivity index (χ2v) is 3.77. The second kappa shape index (κ2) is 5.33. The van der Waals surface area contributed by atoms with Crippen LogP contribution in [-0.2, 0) is 4.74 Å². The van der Waals surface area contributed by atoms with E-state index >= 15 is 0 Å². The van der Waals surface area contributed by atoms with Crippen LogP contribution in [0.5, 0.6) is 11.5 Å². The highest BCUT2D eigenvalue weighted by Gasteiger charge is 2.23. The number of hydrogen-bond donors (Lipinski definition) is 1. The normalized spacial score (nSPS) is 20.1. The van der Waals surface area contributed by atoms with E-state index in [0.29, 0.717) is 24.5 Å². The lowest BCUT2D eigenvalue weighted by Crippen LogP contribution is -2.33. The third-order valence-electron chi connectivity index (χ3n) is 2.79. The molecule has 0 spiro atoms. The van der Waals surface area contributed by atoms with Crippen LogP contribution in [-0.4, -0.2) is 33.9 Å². The number of nitrogens with one attached hydrogen (secondary N) is 1. The van der Waals surface area contributed by atoms with Crippen molar-refractivity contribution in [3.8, 4) is 11.5 Å². The van der Waals surface area contributed by atoms with Crippen molar-refractivity contribution < 1.29 is 18.6 Å². The standard InChI is InChI=1S/C12H16FNO3/c1-15-9-4-3-8(11(13)12(9)16-2)10-7-14-5-6-17-10/h3-4,10,14H,5-7H2,1-2H3. The van der Waals surface area contributed by atoms with E-state index in [1.807, 2.05) is 0 Å². The van der Waals surface area contributed by atoms with Crippen LogP contribution in [0.3, 0.4) is 0 Å². The Morgan fingerprint density at radius 2 is 2.18 bits per heavy atom. The molecule has 1 fully saturated rings. The zero-order valence-corrected chi connectivity index (χ0v) is 9.96. The Hall–Kier alpha value is -1.33. The Labute approximate surface area is 99.7 Å². The lowest BCUT2D eigenvalue weighted by molar-refractivity contribution is 0.0252. The minimum atomic E-state index is -0.416. The molecule has 0 amide bonds. The summed E-state index contributed by atoms with van der Waals surface area (Å²) in [7, 11) is 2.90. The third kappa shape index (κ3) is 2.35. The fourth-order valence-electron chi connectivity index (χ4n) is 1.92. The van der Waals surface area contributed by atoms with Gasteiger partial charge in [0.2, 0.25) is 0 Å². The van der Waals surface area contributed by atoms with Crippen molar-refractivity contribution in [3.05, 3.63) is 23.5 Å². The summed E-state index contributed by atoms with van der Waals surface area (Å²) < 4.78 is 29.8. The fourth-order valence-corrected chi connectivity index (χ4v) is 1.92. The first kappa shape index (κ1) is 12.1. The summed E-state index contributed by atoms with van der Waals surface area (Å²) in [5.74, 6) is 0.0947. The summed E-state index contributed by atoms with van der Waals surface area (Å²) in [6.45, 7) is 1.98. The van der Waals surface area contributed by atoms with E-state index in [4.69, 9.17) is 14.2 Å². The molecule has 17 heavy (non-hydrogen) atoms. The maximum absolute atomic E-state index is 14.2. The molecule has 0 aromatic heterocycles. The Balaban J connectivity index is 2.34. The maximum atomic E-state index is 14.2. The molecule has 1 heterocycles. The van der Waals surface area contributed by atoms with Crippen LogP contribution in [0.4, 0.5) is 4.39 Å². The van der Waals surface area contributed by atoms with Crippen LogP contribution in [0.25, 0.3) is 0 Å². The molecule has 1 saturated heterocycles. The van der Waals surface area contributed by atoms with E-state index in [-0.39, 0.29) is 11.9 Å². The molecule has 1 aromatic rings. The average Bonchev–Trinajstić information content (AvgIpc) is 2.39. The van der Waals surface area contributed by atoms with Crippen LogP contribution in [0.1, 0.15) is 11.7 Å². The molecule has 0 aliphatic carbocycles. The Kier molecular flexibility index (Phi) is 3.81. The van der Waals surface area contributed by atoms with Crippen LogP contribution in [0.2, 0.25) is 0 Å². The predicted molar refractivity (Wildman–Crippen MR) is 61.1 cm³/mol. The molecule has 0 radical (unpaired) electrons. The number of rotatable bonds is 3. The van der Waals surface area contributed by atoms with Gasteiger partial charge in [0.15, 0.2) is 17.3 Å². The monoisotopic (exact) mass is 241 g/mol. The van der Waals surface area contributed by atoms with Gasteiger partial charge >= 0.3 is 0 Å². The van der Waals surface area contributed by atoms with E-state index in [2.05, 4.69) is 5.32 Å². The molecule has 2 rings (SSSR count). The summed E-state index contributed by atoms with van der Waals surface area (Å²) >= 11 is 0. The lowest BCUT2D eigenvalue weighted by Gasteiger charge is -2.25. The molecule has 1 aliphatic rings. The van der Waals surface area contributed by atoms with Gasteiger partial charge in [0.25, 0.3) is 0 Å². The average molecular weight is 241 g/mol. The first-order valence-corrected chi connectivity index (χ1v) is 5.50. The van der Waals surface area contributed by atoms with Gasteiger partial charge in [0.05, 0.1) is 26.9 Å². The van der Waals surface area contributed by atoms with Crippen LogP contribution in [0.15, 0.2) is 12.1 Å². The molecule has 1 aromatic carbocycles. The molecule has 1 N–H and O–H groups in total. The summed E-state index contributed by atoms with van der Waals surface area (Å²) in [6, 6.07) is 3.36. The van der Waals surface area contributed by atoms with E-state index in [9.17, 15) is 4.39 Å². The highest BCUT2D eigenvalue weighted by Crippen LogP contribution is 2.35. The van der Waals surface area contributed by atoms with Gasteiger partial charge < -0.3 is 19.5 Å². The van der Waals surface area contributed by atoms with Crippen molar-refractivity contribution in [2.45, 2.75) is 6.10 Å². The number of benzene rings is 1. The topological polar surface area (TPSA) is 39.7 Å². The smallest absolute Gasteiger partial charge is 0.197 e. The Bertz CT molecular complexity index is 392. The molecule has 4 nitrogen and oxygen atoms in total. The van der Waals surface area contributed by atoms with E-state index in [1.54, 1.807) is 12.1 Å². The van der Waals surface area contributed by atoms with Crippen LogP contribution in [0, 0.1) is 5.82 Å². The molecule has 0 bridgehead atoms. The van der Waals surface area contributed by atoms with Gasteiger partial charge in [-0.3, -0.25) is 0 Å². The largest absolute Gasteiger partial charge is 0.493 e. The number of halogens is 1. The quantitative estimate of drug-likeness (QED) is 0.870. The van der Waals surface area contributed by atoms with Crippen molar-refractivity contribution >= 4 is 0 Å². The van der Waals surface area contributed by atoms with Gasteiger partial charge in [-0.05, 0) is 12.1 Å². The molecule has 94 valence electrons. The lowest BCUT2D eigenvalue weighted by atomic mass is 10.1. The van der Waals surface area contributed by atoms with Crippen molar-refractivity contribution in [1.82, 2.24) is 5.32 Å². The Morgan fingerprint density at radius 3 is 2.76 bits per heavy atom. The first-order valence-electron chi connectivity index (χ1n) is 5.50. The van der Waals surface area contributed by atoms with Crippen molar-refractivity contribution in [2.75, 3.05) is 33.9 Å². The molecular weight excluding hydrogens is 225 g/mol. The van der Waals surface area contributed by atoms with Crippen LogP contribution >= 0.6 is 0 Å². The second-order valence-electron chi connectivity index (χ2n) is 3.77. The predicted octanol–water partition coefficient (Wildman–Crippen LogP) is 1.50. The van der Waals surface area contributed by atoms with Gasteiger partial charge in [-0.15, -0.1) is 0 Å². The molecule has 1 atom stereocenters. The highest BCUT2D eigenvalue weighted by molar-refractivity contribution is 5.45. The van der Waals surface area contributed by atoms with Crippen molar-refractivity contribution in [3.63, 3.8) is 0 Å². The van der Waals surface area contributed by atoms with Gasteiger partial charge in [0.1, 0.15) is 0 Å². The molecular formula is C12H16FNO3. The van der Waals surface area contributed by atoms with Crippen molar-refractivity contribution in [1.29, 1.82) is 0 Å². The zero-order valence-electron chi connectivity index (χ0n) is 9.96. The summed E-state index contributed by atoms with van der Waals surface area (Å²) in [5.41, 5.74) is 0.495. The fraction of sp³-hybridized carbons (Fsp3) is 0.500. The summed E-state index contributed by atoms with van der Waals surface area (Å²) in [4.78, 5) is 0. The van der Waals surface area contributed by atoms with E-state index in [0.717, 1.165) is 6.54 Å². The third-order valence-corrected chi connectivity index (χ3v) is 2.79. The number of hydrogen-bond acceptors (Lipinski definition) is 4. The van der Waals surface area contributed by atoms with Crippen LogP contribution < -0.4 is 14.8 Å². The van der Waals surface area contributed by atoms with E-state index in [1.165, 1.54) is 14.2 Å². The SMILES string of the molecule is COc1ccc(C2CNCCO2)c(F)c1OC. The minimum Gasteiger partial charge on any atom is -0.493 e. The number of ether oxygens (including phenoxy) is 3. The first-order chi connectivity index (χ1) is 8.27. The molecule has 5 heteroatoms. The van der Waals surface area contributed by atoms with E-state index < -0.39 is 5.82 Å². The maximum Gasteiger partial charge on any atom is 0.197 e. The summed E-state index contributed by atoms with van der Waals surface area (Å²) in [5, 5.41) is 3.16. The van der Waals surface area contributed by atoms with Gasteiger partial charge in [-0.2, -0.15) is 0 Å². The minimum absolute atomic E-state index is 0.124. The van der Waals surface area contributed by atoms with Gasteiger partial charge in [-0.1, -0.05) is 0 Å². The highest BCUT2D eigenvalue weighted by atomic mass is 19.1. The number of morpholine rings is 1. The van der Waals surface area contributed by atoms with Gasteiger partial charge in [0, 0.05) is 18.7 Å². The summed E-state index contributed by atoms with van der Waals surface area (Å²) in [6.07, 6.45) is -0.274. The zero-order chi connectivity index (χ0) is 12.3. The number of methoxy groups -OCH3 is 2.